The summed E-state index contributed by atoms with van der Waals surface area (Å²) in [5.41, 5.74) is 2.24. The lowest BCUT2D eigenvalue weighted by molar-refractivity contribution is 0.209. The van der Waals surface area contributed by atoms with Crippen molar-refractivity contribution in [3.05, 3.63) is 24.3 Å². The van der Waals surface area contributed by atoms with E-state index in [1.54, 1.807) is 0 Å². The summed E-state index contributed by atoms with van der Waals surface area (Å²) < 4.78 is 8.13. The maximum Gasteiger partial charge on any atom is 0.297 e. The van der Waals surface area contributed by atoms with Gasteiger partial charge in [-0.25, -0.2) is 0 Å². The quantitative estimate of drug-likeness (QED) is 0.749. The molecule has 2 heterocycles. The Morgan fingerprint density at radius 3 is 3.06 bits per heavy atom. The van der Waals surface area contributed by atoms with Gasteiger partial charge in [0.1, 0.15) is 6.10 Å². The van der Waals surface area contributed by atoms with Crippen LogP contribution in [0.2, 0.25) is 0 Å². The molecule has 1 aromatic heterocycles. The van der Waals surface area contributed by atoms with Gasteiger partial charge in [-0.3, -0.25) is 4.57 Å². The lowest BCUT2D eigenvalue weighted by atomic mass is 10.1. The fourth-order valence-corrected chi connectivity index (χ4v) is 2.66. The van der Waals surface area contributed by atoms with Crippen molar-refractivity contribution in [3.8, 4) is 6.01 Å². The van der Waals surface area contributed by atoms with Crippen LogP contribution in [0.1, 0.15) is 39.0 Å². The molecule has 1 aromatic carbocycles. The van der Waals surface area contributed by atoms with E-state index in [1.807, 2.05) is 12.1 Å². The van der Waals surface area contributed by atoms with Gasteiger partial charge in [0.2, 0.25) is 0 Å². The van der Waals surface area contributed by atoms with Crippen LogP contribution in [0.25, 0.3) is 11.0 Å². The summed E-state index contributed by atoms with van der Waals surface area (Å²) >= 11 is 0. The normalized spacial score (nSPS) is 17.9. The average Bonchev–Trinajstić information content (AvgIpc) is 2.91. The maximum atomic E-state index is 5.92. The van der Waals surface area contributed by atoms with Crippen LogP contribution in [0.5, 0.6) is 6.01 Å². The zero-order valence-corrected chi connectivity index (χ0v) is 10.9. The van der Waals surface area contributed by atoms with Crippen LogP contribution in [0.15, 0.2) is 24.3 Å². The Morgan fingerprint density at radius 2 is 2.17 bits per heavy atom. The molecular formula is C15H20N2O. The Labute approximate surface area is 108 Å². The molecule has 1 unspecified atom stereocenters. The minimum atomic E-state index is 0.328. The van der Waals surface area contributed by atoms with Gasteiger partial charge in [0.05, 0.1) is 17.6 Å². The first-order chi connectivity index (χ1) is 8.88. The van der Waals surface area contributed by atoms with Gasteiger partial charge in [0, 0.05) is 0 Å². The van der Waals surface area contributed by atoms with E-state index in [-0.39, 0.29) is 0 Å². The van der Waals surface area contributed by atoms with Crippen LogP contribution >= 0.6 is 0 Å². The fourth-order valence-electron chi connectivity index (χ4n) is 2.66. The van der Waals surface area contributed by atoms with Crippen molar-refractivity contribution in [1.82, 2.24) is 9.55 Å². The van der Waals surface area contributed by atoms with E-state index >= 15 is 0 Å². The second-order valence-electron chi connectivity index (χ2n) is 5.08. The van der Waals surface area contributed by atoms with Gasteiger partial charge >= 0.3 is 0 Å². The first kappa shape index (κ1) is 11.6. The van der Waals surface area contributed by atoms with Crippen molar-refractivity contribution < 1.29 is 4.74 Å². The molecule has 0 spiro atoms. The monoisotopic (exact) mass is 244 g/mol. The summed E-state index contributed by atoms with van der Waals surface area (Å²) in [5, 5.41) is 0. The molecule has 0 aliphatic carbocycles. The number of unbranched alkanes of at least 4 members (excludes halogenated alkanes) is 3. The van der Waals surface area contributed by atoms with Crippen molar-refractivity contribution in [2.75, 3.05) is 0 Å². The number of hydrogen-bond donors (Lipinski definition) is 0. The molecule has 0 radical (unpaired) electrons. The number of nitrogens with zero attached hydrogens (tertiary/aromatic N) is 2. The van der Waals surface area contributed by atoms with Gasteiger partial charge in [-0.15, -0.1) is 0 Å². The van der Waals surface area contributed by atoms with E-state index < -0.39 is 0 Å². The molecule has 18 heavy (non-hydrogen) atoms. The molecule has 0 N–H and O–H groups in total. The standard InChI is InChI=1S/C15H20N2O/c1-2-3-4-5-8-12-11-17-14-10-7-6-9-13(14)16-15(17)18-12/h6-7,9-10,12H,2-5,8,11H2,1H3. The van der Waals surface area contributed by atoms with Crippen molar-refractivity contribution >= 4 is 11.0 Å². The highest BCUT2D eigenvalue weighted by Crippen LogP contribution is 2.29. The van der Waals surface area contributed by atoms with E-state index in [0.29, 0.717) is 6.10 Å². The smallest absolute Gasteiger partial charge is 0.297 e. The summed E-state index contributed by atoms with van der Waals surface area (Å²) in [6.45, 7) is 3.20. The van der Waals surface area contributed by atoms with Gasteiger partial charge in [0.25, 0.3) is 6.01 Å². The Balaban J connectivity index is 1.65. The molecule has 0 saturated heterocycles. The van der Waals surface area contributed by atoms with E-state index in [4.69, 9.17) is 4.74 Å². The second-order valence-corrected chi connectivity index (χ2v) is 5.08. The van der Waals surface area contributed by atoms with Crippen LogP contribution in [-0.4, -0.2) is 15.7 Å². The summed E-state index contributed by atoms with van der Waals surface area (Å²) in [6.07, 6.45) is 6.69. The minimum absolute atomic E-state index is 0.328. The molecule has 96 valence electrons. The number of aromatic nitrogens is 2. The maximum absolute atomic E-state index is 5.92. The van der Waals surface area contributed by atoms with Gasteiger partial charge in [-0.2, -0.15) is 4.98 Å². The summed E-state index contributed by atoms with van der Waals surface area (Å²) in [5.74, 6) is 0. The third-order valence-corrected chi connectivity index (χ3v) is 3.66. The highest BCUT2D eigenvalue weighted by molar-refractivity contribution is 5.76. The Bertz CT molecular complexity index is 532. The molecule has 0 amide bonds. The van der Waals surface area contributed by atoms with Crippen LogP contribution in [0.4, 0.5) is 0 Å². The van der Waals surface area contributed by atoms with Gasteiger partial charge in [0.15, 0.2) is 0 Å². The third kappa shape index (κ3) is 2.09. The summed E-state index contributed by atoms with van der Waals surface area (Å²) in [4.78, 5) is 4.53. The van der Waals surface area contributed by atoms with Crippen LogP contribution in [0, 0.1) is 0 Å². The highest BCUT2D eigenvalue weighted by atomic mass is 16.5. The molecule has 3 nitrogen and oxygen atoms in total. The van der Waals surface area contributed by atoms with Crippen molar-refractivity contribution in [3.63, 3.8) is 0 Å². The van der Waals surface area contributed by atoms with Crippen molar-refractivity contribution in [1.29, 1.82) is 0 Å². The number of hydrogen-bond acceptors (Lipinski definition) is 2. The Morgan fingerprint density at radius 1 is 1.28 bits per heavy atom. The fraction of sp³-hybridized carbons (Fsp3) is 0.533. The number of benzene rings is 1. The molecule has 1 aliphatic heterocycles. The lowest BCUT2D eigenvalue weighted by Crippen LogP contribution is -2.14. The molecule has 1 aliphatic rings. The van der Waals surface area contributed by atoms with E-state index in [0.717, 1.165) is 24.5 Å². The van der Waals surface area contributed by atoms with E-state index in [1.165, 1.54) is 31.2 Å². The topological polar surface area (TPSA) is 27.1 Å². The Kier molecular flexibility index (Phi) is 3.22. The largest absolute Gasteiger partial charge is 0.459 e. The van der Waals surface area contributed by atoms with Gasteiger partial charge in [-0.05, 0) is 25.0 Å². The predicted octanol–water partition coefficient (Wildman–Crippen LogP) is 3.77. The third-order valence-electron chi connectivity index (χ3n) is 3.66. The van der Waals surface area contributed by atoms with Gasteiger partial charge < -0.3 is 4.74 Å². The molecule has 3 heteroatoms. The molecule has 3 rings (SSSR count). The number of ether oxygens (including phenoxy) is 1. The zero-order valence-electron chi connectivity index (χ0n) is 10.9. The first-order valence-corrected chi connectivity index (χ1v) is 7.00. The van der Waals surface area contributed by atoms with Gasteiger partial charge in [-0.1, -0.05) is 38.3 Å². The zero-order chi connectivity index (χ0) is 12.4. The molecule has 0 fully saturated rings. The Hall–Kier alpha value is -1.51. The van der Waals surface area contributed by atoms with Crippen LogP contribution in [-0.2, 0) is 6.54 Å². The average molecular weight is 244 g/mol. The van der Waals surface area contributed by atoms with Crippen LogP contribution < -0.4 is 4.74 Å². The van der Waals surface area contributed by atoms with Crippen molar-refractivity contribution in [2.45, 2.75) is 51.7 Å². The minimum Gasteiger partial charge on any atom is -0.459 e. The number of imidazole rings is 1. The van der Waals surface area contributed by atoms with E-state index in [2.05, 4.69) is 28.6 Å². The SMILES string of the molecule is CCCCCCC1Cn2c(nc3ccccc32)O1. The van der Waals surface area contributed by atoms with E-state index in [9.17, 15) is 0 Å². The number of fused-ring (bicyclic) bond motifs is 3. The van der Waals surface area contributed by atoms with Crippen molar-refractivity contribution in [2.24, 2.45) is 0 Å². The van der Waals surface area contributed by atoms with Crippen LogP contribution in [0.3, 0.4) is 0 Å². The highest BCUT2D eigenvalue weighted by Gasteiger charge is 2.25. The number of rotatable bonds is 5. The molecular weight excluding hydrogens is 224 g/mol. The number of para-hydroxylation sites is 2. The molecule has 0 bridgehead atoms. The lowest BCUT2D eigenvalue weighted by Gasteiger charge is -2.08. The molecule has 0 saturated carbocycles. The summed E-state index contributed by atoms with van der Waals surface area (Å²) in [7, 11) is 0. The molecule has 1 atom stereocenters. The first-order valence-electron chi connectivity index (χ1n) is 7.00. The predicted molar refractivity (Wildman–Crippen MR) is 72.9 cm³/mol. The molecule has 2 aromatic rings. The second kappa shape index (κ2) is 5.01. The summed E-state index contributed by atoms with van der Waals surface area (Å²) in [6, 6.07) is 9.05.